The minimum Gasteiger partial charge on any atom is -0.497 e. The van der Waals surface area contributed by atoms with Crippen LogP contribution in [-0.4, -0.2) is 33.5 Å². The van der Waals surface area contributed by atoms with Gasteiger partial charge in [-0.3, -0.25) is 0 Å². The number of ether oxygens (including phenoxy) is 2. The van der Waals surface area contributed by atoms with Gasteiger partial charge in [-0.05, 0) is 42.0 Å². The van der Waals surface area contributed by atoms with E-state index in [0.29, 0.717) is 18.0 Å². The highest BCUT2D eigenvalue weighted by Crippen LogP contribution is 2.40. The van der Waals surface area contributed by atoms with Crippen molar-refractivity contribution in [1.82, 2.24) is 4.31 Å². The highest BCUT2D eigenvalue weighted by Gasteiger charge is 2.37. The molecule has 1 aliphatic rings. The van der Waals surface area contributed by atoms with E-state index in [4.69, 9.17) is 9.47 Å². The van der Waals surface area contributed by atoms with Gasteiger partial charge in [-0.25, -0.2) is 8.42 Å². The maximum atomic E-state index is 13.3. The summed E-state index contributed by atoms with van der Waals surface area (Å²) in [6.07, 6.45) is 1.48. The zero-order valence-electron chi connectivity index (χ0n) is 14.0. The molecular formula is C17H21NO4S2. The highest BCUT2D eigenvalue weighted by molar-refractivity contribution is 7.89. The number of hydrogen-bond donors (Lipinski definition) is 0. The molecule has 2 aromatic rings. The van der Waals surface area contributed by atoms with Gasteiger partial charge in [-0.2, -0.15) is 4.31 Å². The van der Waals surface area contributed by atoms with Crippen molar-refractivity contribution in [1.29, 1.82) is 0 Å². The summed E-state index contributed by atoms with van der Waals surface area (Å²) in [6.45, 7) is 2.50. The third kappa shape index (κ3) is 2.81. The predicted molar refractivity (Wildman–Crippen MR) is 94.5 cm³/mol. The summed E-state index contributed by atoms with van der Waals surface area (Å²) in [6, 6.07) is 6.76. The normalized spacial score (nSPS) is 18.2. The van der Waals surface area contributed by atoms with Crippen molar-refractivity contribution in [3.63, 3.8) is 0 Å². The van der Waals surface area contributed by atoms with Crippen LogP contribution in [0, 0.1) is 0 Å². The quantitative estimate of drug-likeness (QED) is 0.812. The Morgan fingerprint density at radius 3 is 2.71 bits per heavy atom. The average Bonchev–Trinajstić information content (AvgIpc) is 3.08. The summed E-state index contributed by atoms with van der Waals surface area (Å²) in [5, 5.41) is 2.04. The van der Waals surface area contributed by atoms with Crippen LogP contribution in [0.4, 0.5) is 0 Å². The van der Waals surface area contributed by atoms with Crippen molar-refractivity contribution in [2.45, 2.75) is 30.7 Å². The molecule has 3 rings (SSSR count). The van der Waals surface area contributed by atoms with Crippen LogP contribution in [-0.2, 0) is 16.4 Å². The second-order valence-corrected chi connectivity index (χ2v) is 8.47. The van der Waals surface area contributed by atoms with Gasteiger partial charge >= 0.3 is 0 Å². The van der Waals surface area contributed by atoms with E-state index >= 15 is 0 Å². The molecule has 130 valence electrons. The maximum absolute atomic E-state index is 13.3. The molecule has 5 nitrogen and oxygen atoms in total. The van der Waals surface area contributed by atoms with Crippen molar-refractivity contribution in [3.8, 4) is 11.5 Å². The van der Waals surface area contributed by atoms with E-state index in [9.17, 15) is 8.42 Å². The fourth-order valence-electron chi connectivity index (χ4n) is 3.20. The van der Waals surface area contributed by atoms with Crippen LogP contribution >= 0.6 is 11.3 Å². The number of fused-ring (bicyclic) bond motifs is 1. The fourth-order valence-corrected chi connectivity index (χ4v) is 5.98. The van der Waals surface area contributed by atoms with Gasteiger partial charge < -0.3 is 9.47 Å². The van der Waals surface area contributed by atoms with Crippen molar-refractivity contribution < 1.29 is 17.9 Å². The number of hydrogen-bond acceptors (Lipinski definition) is 5. The Balaban J connectivity index is 2.08. The van der Waals surface area contributed by atoms with E-state index in [2.05, 4.69) is 0 Å². The van der Waals surface area contributed by atoms with Gasteiger partial charge in [0.05, 0.1) is 20.3 Å². The van der Waals surface area contributed by atoms with Gasteiger partial charge in [0, 0.05) is 17.5 Å². The second-order valence-electron chi connectivity index (χ2n) is 5.61. The third-order valence-electron chi connectivity index (χ3n) is 4.39. The molecule has 1 atom stereocenters. The lowest BCUT2D eigenvalue weighted by atomic mass is 10.0. The minimum atomic E-state index is -3.69. The average molecular weight is 367 g/mol. The molecule has 7 heteroatoms. The summed E-state index contributed by atoms with van der Waals surface area (Å²) in [7, 11) is -0.689. The molecule has 0 unspecified atom stereocenters. The van der Waals surface area contributed by atoms with Gasteiger partial charge in [-0.1, -0.05) is 6.92 Å². The van der Waals surface area contributed by atoms with E-state index in [1.807, 2.05) is 18.4 Å². The molecule has 0 radical (unpaired) electrons. The summed E-state index contributed by atoms with van der Waals surface area (Å²) >= 11 is 1.70. The van der Waals surface area contributed by atoms with E-state index in [1.54, 1.807) is 27.8 Å². The van der Waals surface area contributed by atoms with Crippen molar-refractivity contribution in [2.24, 2.45) is 0 Å². The first-order valence-electron chi connectivity index (χ1n) is 7.83. The molecule has 0 fully saturated rings. The SMILES string of the molecule is CC[C@@H]1c2ccsc2CCN1S(=O)(=O)c1cc(OC)ccc1OC. The first kappa shape index (κ1) is 17.3. The van der Waals surface area contributed by atoms with Gasteiger partial charge in [0.15, 0.2) is 0 Å². The Hall–Kier alpha value is -1.57. The zero-order valence-corrected chi connectivity index (χ0v) is 15.6. The monoisotopic (exact) mass is 367 g/mol. The van der Waals surface area contributed by atoms with E-state index in [-0.39, 0.29) is 10.9 Å². The zero-order chi connectivity index (χ0) is 17.3. The first-order valence-corrected chi connectivity index (χ1v) is 10.1. The number of benzene rings is 1. The van der Waals surface area contributed by atoms with Crippen molar-refractivity contribution in [2.75, 3.05) is 20.8 Å². The number of rotatable bonds is 5. The highest BCUT2D eigenvalue weighted by atomic mass is 32.2. The van der Waals surface area contributed by atoms with Crippen LogP contribution < -0.4 is 9.47 Å². The maximum Gasteiger partial charge on any atom is 0.247 e. The standard InChI is InChI=1S/C17H21NO4S2/c1-4-14-13-8-10-23-16(13)7-9-18(14)24(19,20)17-11-12(21-2)5-6-15(17)22-3/h5-6,8,10-11,14H,4,7,9H2,1-3H3/t14-/m1/s1. The van der Waals surface area contributed by atoms with Gasteiger partial charge in [0.2, 0.25) is 10.0 Å². The van der Waals surface area contributed by atoms with Crippen LogP contribution in [0.15, 0.2) is 34.5 Å². The Morgan fingerprint density at radius 1 is 1.25 bits per heavy atom. The molecule has 0 amide bonds. The van der Waals surface area contributed by atoms with Crippen molar-refractivity contribution in [3.05, 3.63) is 40.1 Å². The lowest BCUT2D eigenvalue weighted by Gasteiger charge is -2.34. The number of methoxy groups -OCH3 is 2. The van der Waals surface area contributed by atoms with Crippen molar-refractivity contribution >= 4 is 21.4 Å². The first-order chi connectivity index (χ1) is 11.5. The van der Waals surface area contributed by atoms with Gasteiger partial charge in [0.1, 0.15) is 16.4 Å². The smallest absolute Gasteiger partial charge is 0.247 e. The lowest BCUT2D eigenvalue weighted by molar-refractivity contribution is 0.301. The topological polar surface area (TPSA) is 55.8 Å². The molecule has 0 saturated carbocycles. The summed E-state index contributed by atoms with van der Waals surface area (Å²) in [5.74, 6) is 0.831. The molecule has 1 aromatic heterocycles. The minimum absolute atomic E-state index is 0.138. The van der Waals surface area contributed by atoms with Crippen LogP contribution in [0.2, 0.25) is 0 Å². The molecule has 24 heavy (non-hydrogen) atoms. The van der Waals surface area contributed by atoms with E-state index in [0.717, 1.165) is 18.4 Å². The Morgan fingerprint density at radius 2 is 2.04 bits per heavy atom. The molecule has 0 N–H and O–H groups in total. The molecule has 1 aromatic carbocycles. The number of sulfonamides is 1. The summed E-state index contributed by atoms with van der Waals surface area (Å²) in [5.41, 5.74) is 1.12. The molecule has 1 aliphatic heterocycles. The van der Waals surface area contributed by atoms with Crippen LogP contribution in [0.1, 0.15) is 29.8 Å². The predicted octanol–water partition coefficient (Wildman–Crippen LogP) is 3.46. The van der Waals surface area contributed by atoms with Crippen LogP contribution in [0.25, 0.3) is 0 Å². The van der Waals surface area contributed by atoms with Crippen LogP contribution in [0.5, 0.6) is 11.5 Å². The lowest BCUT2D eigenvalue weighted by Crippen LogP contribution is -2.39. The molecule has 0 saturated heterocycles. The fraction of sp³-hybridized carbons (Fsp3) is 0.412. The Bertz CT molecular complexity index is 829. The molecular weight excluding hydrogens is 346 g/mol. The molecule has 0 bridgehead atoms. The Kier molecular flexibility index (Phi) is 4.85. The van der Waals surface area contributed by atoms with E-state index in [1.165, 1.54) is 25.2 Å². The Labute approximate surface area is 146 Å². The molecule has 0 spiro atoms. The number of nitrogens with zero attached hydrogens (tertiary/aromatic N) is 1. The molecule has 0 aliphatic carbocycles. The number of thiophene rings is 1. The summed E-state index contributed by atoms with van der Waals surface area (Å²) in [4.78, 5) is 1.44. The van der Waals surface area contributed by atoms with Crippen LogP contribution in [0.3, 0.4) is 0 Å². The van der Waals surface area contributed by atoms with Gasteiger partial charge in [0.25, 0.3) is 0 Å². The second kappa shape index (κ2) is 6.74. The molecule has 2 heterocycles. The van der Waals surface area contributed by atoms with Gasteiger partial charge in [-0.15, -0.1) is 11.3 Å². The van der Waals surface area contributed by atoms with E-state index < -0.39 is 10.0 Å². The largest absolute Gasteiger partial charge is 0.497 e. The summed E-state index contributed by atoms with van der Waals surface area (Å²) < 4.78 is 38.7. The third-order valence-corrected chi connectivity index (χ3v) is 7.32.